The molecule has 0 radical (unpaired) electrons. The summed E-state index contributed by atoms with van der Waals surface area (Å²) < 4.78 is 16.0. The summed E-state index contributed by atoms with van der Waals surface area (Å²) in [6, 6.07) is 12.6. The van der Waals surface area contributed by atoms with Gasteiger partial charge in [0.25, 0.3) is 10.9 Å². The van der Waals surface area contributed by atoms with E-state index in [1.54, 1.807) is 30.3 Å². The van der Waals surface area contributed by atoms with E-state index in [0.29, 0.717) is 23.7 Å². The number of nitro benzene ring substituents is 1. The highest BCUT2D eigenvalue weighted by Gasteiger charge is 2.15. The predicted molar refractivity (Wildman–Crippen MR) is 100 cm³/mol. The van der Waals surface area contributed by atoms with Crippen LogP contribution in [0.3, 0.4) is 0 Å². The highest BCUT2D eigenvalue weighted by atomic mass is 32.2. The van der Waals surface area contributed by atoms with Gasteiger partial charge in [0.05, 0.1) is 11.5 Å². The normalized spacial score (nSPS) is 10.5. The fourth-order valence-corrected chi connectivity index (χ4v) is 2.73. The molecule has 0 aliphatic heterocycles. The van der Waals surface area contributed by atoms with Crippen molar-refractivity contribution in [2.24, 2.45) is 0 Å². The molecule has 0 bridgehead atoms. The van der Waals surface area contributed by atoms with Gasteiger partial charge in [0.15, 0.2) is 0 Å². The summed E-state index contributed by atoms with van der Waals surface area (Å²) in [5, 5.41) is 18.7. The maximum absolute atomic E-state index is 12.0. The van der Waals surface area contributed by atoms with Crippen molar-refractivity contribution in [3.05, 3.63) is 58.6 Å². The number of thioether (sulfide) groups is 1. The summed E-state index contributed by atoms with van der Waals surface area (Å²) in [5.41, 5.74) is 0.342. The first kappa shape index (κ1) is 19.4. The Hall–Kier alpha value is -3.40. The van der Waals surface area contributed by atoms with Crippen molar-refractivity contribution in [1.29, 1.82) is 0 Å². The van der Waals surface area contributed by atoms with Crippen LogP contribution < -0.4 is 9.47 Å². The summed E-state index contributed by atoms with van der Waals surface area (Å²) in [7, 11) is 0. The fourth-order valence-electron chi connectivity index (χ4n) is 2.19. The van der Waals surface area contributed by atoms with Gasteiger partial charge in [0.2, 0.25) is 5.89 Å². The number of rotatable bonds is 8. The van der Waals surface area contributed by atoms with Crippen LogP contribution in [0.25, 0.3) is 11.5 Å². The molecule has 0 saturated heterocycles. The van der Waals surface area contributed by atoms with Crippen LogP contribution in [-0.2, 0) is 4.79 Å². The van der Waals surface area contributed by atoms with Gasteiger partial charge in [-0.1, -0.05) is 17.8 Å². The number of non-ortho nitro benzene ring substituents is 1. The SMILES string of the molecule is CCOc1ccc(OC(=O)CSc2nnc(-c3cccc([N+](=O)[O-])c3)o2)cc1. The van der Waals surface area contributed by atoms with Gasteiger partial charge in [-0.2, -0.15) is 0 Å². The summed E-state index contributed by atoms with van der Waals surface area (Å²) in [4.78, 5) is 22.3. The van der Waals surface area contributed by atoms with Gasteiger partial charge in [-0.15, -0.1) is 10.2 Å². The Morgan fingerprint density at radius 1 is 1.18 bits per heavy atom. The van der Waals surface area contributed by atoms with Gasteiger partial charge in [-0.25, -0.2) is 0 Å². The van der Waals surface area contributed by atoms with Crippen LogP contribution in [0, 0.1) is 10.1 Å². The number of nitro groups is 1. The van der Waals surface area contributed by atoms with Gasteiger partial charge < -0.3 is 13.9 Å². The second-order valence-corrected chi connectivity index (χ2v) is 6.27. The molecule has 3 rings (SSSR count). The standard InChI is InChI=1S/C18H15N3O6S/c1-2-25-14-6-8-15(9-7-14)26-16(22)11-28-18-20-19-17(27-18)12-4-3-5-13(10-12)21(23)24/h3-10H,2,11H2,1H3. The van der Waals surface area contributed by atoms with Crippen LogP contribution in [0.15, 0.2) is 58.2 Å². The first-order valence-electron chi connectivity index (χ1n) is 8.20. The molecule has 0 spiro atoms. The molecule has 28 heavy (non-hydrogen) atoms. The number of ether oxygens (including phenoxy) is 2. The zero-order chi connectivity index (χ0) is 19.9. The van der Waals surface area contributed by atoms with Crippen molar-refractivity contribution in [2.45, 2.75) is 12.1 Å². The number of esters is 1. The molecule has 0 amide bonds. The van der Waals surface area contributed by atoms with Crippen LogP contribution >= 0.6 is 11.8 Å². The summed E-state index contributed by atoms with van der Waals surface area (Å²) in [6.45, 7) is 2.44. The lowest BCUT2D eigenvalue weighted by Crippen LogP contribution is -2.10. The molecule has 0 saturated carbocycles. The molecular weight excluding hydrogens is 386 g/mol. The summed E-state index contributed by atoms with van der Waals surface area (Å²) in [6.07, 6.45) is 0. The average molecular weight is 401 g/mol. The molecule has 1 aromatic heterocycles. The zero-order valence-corrected chi connectivity index (χ0v) is 15.5. The molecule has 144 valence electrons. The topological polar surface area (TPSA) is 118 Å². The Bertz CT molecular complexity index is 973. The quantitative estimate of drug-likeness (QED) is 0.183. The van der Waals surface area contributed by atoms with Crippen molar-refractivity contribution < 1.29 is 23.6 Å². The number of hydrogen-bond donors (Lipinski definition) is 0. The number of hydrogen-bond acceptors (Lipinski definition) is 9. The van der Waals surface area contributed by atoms with E-state index in [1.165, 1.54) is 18.2 Å². The van der Waals surface area contributed by atoms with E-state index in [4.69, 9.17) is 13.9 Å². The Labute approximate surface area is 163 Å². The average Bonchev–Trinajstić information content (AvgIpc) is 3.17. The number of nitrogens with zero attached hydrogens (tertiary/aromatic N) is 3. The molecule has 10 heteroatoms. The van der Waals surface area contributed by atoms with E-state index in [2.05, 4.69) is 10.2 Å². The number of aromatic nitrogens is 2. The van der Waals surface area contributed by atoms with Gasteiger partial charge >= 0.3 is 5.97 Å². The summed E-state index contributed by atoms with van der Waals surface area (Å²) in [5.74, 6) is 0.701. The molecule has 0 aliphatic carbocycles. The Kier molecular flexibility index (Phi) is 6.22. The fraction of sp³-hybridized carbons (Fsp3) is 0.167. The van der Waals surface area contributed by atoms with Crippen molar-refractivity contribution in [3.8, 4) is 23.0 Å². The third-order valence-electron chi connectivity index (χ3n) is 3.39. The van der Waals surface area contributed by atoms with E-state index in [0.717, 1.165) is 11.8 Å². The Balaban J connectivity index is 1.56. The van der Waals surface area contributed by atoms with Crippen LogP contribution in [0.1, 0.15) is 6.92 Å². The van der Waals surface area contributed by atoms with E-state index in [9.17, 15) is 14.9 Å². The van der Waals surface area contributed by atoms with E-state index < -0.39 is 10.9 Å². The van der Waals surface area contributed by atoms with Crippen LogP contribution in [0.5, 0.6) is 11.5 Å². The predicted octanol–water partition coefficient (Wildman–Crippen LogP) is 3.74. The monoisotopic (exact) mass is 401 g/mol. The number of benzene rings is 2. The zero-order valence-electron chi connectivity index (χ0n) is 14.7. The maximum Gasteiger partial charge on any atom is 0.321 e. The minimum atomic E-state index is -0.507. The highest BCUT2D eigenvalue weighted by molar-refractivity contribution is 7.99. The van der Waals surface area contributed by atoms with E-state index >= 15 is 0 Å². The van der Waals surface area contributed by atoms with Crippen LogP contribution in [-0.4, -0.2) is 33.4 Å². The van der Waals surface area contributed by atoms with Crippen molar-refractivity contribution in [1.82, 2.24) is 10.2 Å². The molecular formula is C18H15N3O6S. The Morgan fingerprint density at radius 3 is 2.64 bits per heavy atom. The highest BCUT2D eigenvalue weighted by Crippen LogP contribution is 2.26. The van der Waals surface area contributed by atoms with Gasteiger partial charge in [-0.05, 0) is 37.3 Å². The minimum absolute atomic E-state index is 0.0379. The smallest absolute Gasteiger partial charge is 0.321 e. The molecule has 9 nitrogen and oxygen atoms in total. The lowest BCUT2D eigenvalue weighted by Gasteiger charge is -2.05. The maximum atomic E-state index is 12.0. The molecule has 0 unspecified atom stereocenters. The molecule has 0 N–H and O–H groups in total. The van der Waals surface area contributed by atoms with Crippen molar-refractivity contribution >= 4 is 23.4 Å². The van der Waals surface area contributed by atoms with Crippen molar-refractivity contribution in [2.75, 3.05) is 12.4 Å². The van der Waals surface area contributed by atoms with Gasteiger partial charge in [0.1, 0.15) is 17.3 Å². The first-order chi connectivity index (χ1) is 13.5. The van der Waals surface area contributed by atoms with Crippen molar-refractivity contribution in [3.63, 3.8) is 0 Å². The second kappa shape index (κ2) is 9.00. The summed E-state index contributed by atoms with van der Waals surface area (Å²) >= 11 is 1.01. The van der Waals surface area contributed by atoms with Gasteiger partial charge in [-0.3, -0.25) is 14.9 Å². The second-order valence-electron chi connectivity index (χ2n) is 5.35. The lowest BCUT2D eigenvalue weighted by atomic mass is 10.2. The number of carbonyl (C=O) groups excluding carboxylic acids is 1. The Morgan fingerprint density at radius 2 is 1.93 bits per heavy atom. The molecule has 0 aliphatic rings. The molecule has 1 heterocycles. The third-order valence-corrected chi connectivity index (χ3v) is 4.18. The molecule has 0 atom stereocenters. The van der Waals surface area contributed by atoms with Gasteiger partial charge in [0, 0.05) is 17.7 Å². The molecule has 0 fully saturated rings. The number of carbonyl (C=O) groups is 1. The first-order valence-corrected chi connectivity index (χ1v) is 9.18. The molecule has 2 aromatic carbocycles. The molecule has 3 aromatic rings. The largest absolute Gasteiger partial charge is 0.494 e. The lowest BCUT2D eigenvalue weighted by molar-refractivity contribution is -0.384. The van der Waals surface area contributed by atoms with E-state index in [1.807, 2.05) is 6.92 Å². The van der Waals surface area contributed by atoms with Crippen LogP contribution in [0.4, 0.5) is 5.69 Å². The van der Waals surface area contributed by atoms with E-state index in [-0.39, 0.29) is 22.6 Å². The van der Waals surface area contributed by atoms with Crippen LogP contribution in [0.2, 0.25) is 0 Å². The third kappa shape index (κ3) is 5.07. The minimum Gasteiger partial charge on any atom is -0.494 e.